The minimum absolute atomic E-state index is 0.0436. The highest BCUT2D eigenvalue weighted by atomic mass is 19.1. The molecule has 0 saturated carbocycles. The van der Waals surface area contributed by atoms with Gasteiger partial charge in [-0.2, -0.15) is 0 Å². The Morgan fingerprint density at radius 2 is 1.56 bits per heavy atom. The van der Waals surface area contributed by atoms with Crippen molar-refractivity contribution in [3.63, 3.8) is 0 Å². The molecule has 0 fully saturated rings. The van der Waals surface area contributed by atoms with Gasteiger partial charge in [0.25, 0.3) is 11.8 Å². The molecule has 1 aliphatic rings. The van der Waals surface area contributed by atoms with Crippen LogP contribution in [0.3, 0.4) is 0 Å². The number of ether oxygens (including phenoxy) is 1. The molecule has 0 aliphatic carbocycles. The number of hydrogen-bond donors (Lipinski definition) is 1. The van der Waals surface area contributed by atoms with E-state index in [2.05, 4.69) is 5.32 Å². The fraction of sp³-hybridized carbons (Fsp3) is 0.120. The molecular weight excluding hydrogens is 414 g/mol. The minimum atomic E-state index is -0.591. The summed E-state index contributed by atoms with van der Waals surface area (Å²) in [5.41, 5.74) is 1.31. The Balaban J connectivity index is 1.70. The van der Waals surface area contributed by atoms with Crippen molar-refractivity contribution in [1.82, 2.24) is 4.90 Å². The first-order chi connectivity index (χ1) is 15.5. The van der Waals surface area contributed by atoms with Gasteiger partial charge in [-0.1, -0.05) is 30.3 Å². The molecule has 0 atom stereocenters. The third kappa shape index (κ3) is 4.23. The average molecular weight is 434 g/mol. The summed E-state index contributed by atoms with van der Waals surface area (Å²) in [6.07, 6.45) is 0. The van der Waals surface area contributed by atoms with Gasteiger partial charge in [0.15, 0.2) is 0 Å². The normalized spacial score (nSPS) is 13.7. The fourth-order valence-electron chi connectivity index (χ4n) is 3.46. The summed E-state index contributed by atoms with van der Waals surface area (Å²) >= 11 is 0. The van der Waals surface area contributed by atoms with E-state index in [1.54, 1.807) is 30.3 Å². The van der Waals surface area contributed by atoms with Crippen LogP contribution in [-0.2, 0) is 16.1 Å². The van der Waals surface area contributed by atoms with Crippen molar-refractivity contribution in [1.29, 1.82) is 0 Å². The number of nitrogens with zero attached hydrogens (tertiary/aromatic N) is 1. The van der Waals surface area contributed by atoms with Crippen molar-refractivity contribution in [3.05, 3.63) is 101 Å². The predicted octanol–water partition coefficient (Wildman–Crippen LogP) is 4.76. The van der Waals surface area contributed by atoms with Gasteiger partial charge in [-0.3, -0.25) is 14.5 Å². The summed E-state index contributed by atoms with van der Waals surface area (Å²) in [5.74, 6) is -1.48. The maximum Gasteiger partial charge on any atom is 0.278 e. The van der Waals surface area contributed by atoms with Crippen LogP contribution in [0.2, 0.25) is 0 Å². The Morgan fingerprint density at radius 3 is 2.22 bits per heavy atom. The molecule has 0 unspecified atom stereocenters. The Morgan fingerprint density at radius 1 is 0.875 bits per heavy atom. The topological polar surface area (TPSA) is 58.6 Å². The number of hydrogen-bond acceptors (Lipinski definition) is 4. The fourth-order valence-corrected chi connectivity index (χ4v) is 3.46. The second-order valence-electron chi connectivity index (χ2n) is 7.13. The van der Waals surface area contributed by atoms with E-state index in [0.29, 0.717) is 23.6 Å². The van der Waals surface area contributed by atoms with Crippen molar-refractivity contribution in [2.45, 2.75) is 13.5 Å². The maximum atomic E-state index is 14.2. The molecule has 0 radical (unpaired) electrons. The Kier molecular flexibility index (Phi) is 5.98. The van der Waals surface area contributed by atoms with Crippen LogP contribution in [0.15, 0.2) is 78.5 Å². The van der Waals surface area contributed by atoms with Gasteiger partial charge in [0.2, 0.25) is 0 Å². The first-order valence-corrected chi connectivity index (χ1v) is 10.1. The molecule has 0 bridgehead atoms. The average Bonchev–Trinajstić information content (AvgIpc) is 3.01. The van der Waals surface area contributed by atoms with E-state index in [1.165, 1.54) is 42.5 Å². The van der Waals surface area contributed by atoms with Crippen molar-refractivity contribution in [2.75, 3.05) is 11.9 Å². The summed E-state index contributed by atoms with van der Waals surface area (Å²) in [5, 5.41) is 3.01. The van der Waals surface area contributed by atoms with Crippen LogP contribution in [0.4, 0.5) is 14.5 Å². The van der Waals surface area contributed by atoms with Crippen molar-refractivity contribution >= 4 is 23.1 Å². The second-order valence-corrected chi connectivity index (χ2v) is 7.13. The molecule has 162 valence electrons. The Hall–Kier alpha value is -4.00. The number of imide groups is 1. The van der Waals surface area contributed by atoms with Crippen LogP contribution in [0.25, 0.3) is 5.57 Å². The zero-order valence-electron chi connectivity index (χ0n) is 17.3. The number of carbonyl (C=O) groups excluding carboxylic acids is 2. The number of rotatable bonds is 7. The lowest BCUT2D eigenvalue weighted by molar-refractivity contribution is -0.137. The van der Waals surface area contributed by atoms with Crippen LogP contribution < -0.4 is 10.1 Å². The molecule has 1 N–H and O–H groups in total. The van der Waals surface area contributed by atoms with Crippen LogP contribution in [-0.4, -0.2) is 23.3 Å². The molecule has 3 aromatic rings. The summed E-state index contributed by atoms with van der Waals surface area (Å²) in [7, 11) is 0. The highest BCUT2D eigenvalue weighted by Gasteiger charge is 2.39. The van der Waals surface area contributed by atoms with E-state index >= 15 is 0 Å². The third-order valence-electron chi connectivity index (χ3n) is 5.02. The highest BCUT2D eigenvalue weighted by molar-refractivity contribution is 6.36. The van der Waals surface area contributed by atoms with E-state index < -0.39 is 23.4 Å². The first-order valence-electron chi connectivity index (χ1n) is 10.1. The van der Waals surface area contributed by atoms with Crippen LogP contribution >= 0.6 is 0 Å². The zero-order valence-corrected chi connectivity index (χ0v) is 17.3. The molecule has 3 aromatic carbocycles. The number of amides is 2. The monoisotopic (exact) mass is 434 g/mol. The smallest absolute Gasteiger partial charge is 0.278 e. The van der Waals surface area contributed by atoms with Gasteiger partial charge in [-0.25, -0.2) is 8.78 Å². The molecule has 0 spiro atoms. The predicted molar refractivity (Wildman–Crippen MR) is 117 cm³/mol. The Bertz CT molecular complexity index is 1190. The van der Waals surface area contributed by atoms with Crippen LogP contribution in [0, 0.1) is 11.6 Å². The van der Waals surface area contributed by atoms with E-state index in [-0.39, 0.29) is 23.4 Å². The number of carbonyl (C=O) groups is 2. The molecule has 4 rings (SSSR count). The van der Waals surface area contributed by atoms with Crippen LogP contribution in [0.5, 0.6) is 5.75 Å². The van der Waals surface area contributed by atoms with Gasteiger partial charge >= 0.3 is 0 Å². The largest absolute Gasteiger partial charge is 0.494 e. The lowest BCUT2D eigenvalue weighted by atomic mass is 10.0. The van der Waals surface area contributed by atoms with Gasteiger partial charge in [0.1, 0.15) is 23.1 Å². The van der Waals surface area contributed by atoms with Crippen molar-refractivity contribution < 1.29 is 23.1 Å². The number of benzene rings is 3. The summed E-state index contributed by atoms with van der Waals surface area (Å²) in [6, 6.07) is 18.2. The molecule has 1 aliphatic heterocycles. The minimum Gasteiger partial charge on any atom is -0.494 e. The summed E-state index contributed by atoms with van der Waals surface area (Å²) in [4.78, 5) is 27.4. The van der Waals surface area contributed by atoms with Gasteiger partial charge in [0.05, 0.1) is 18.7 Å². The van der Waals surface area contributed by atoms with E-state index in [9.17, 15) is 18.4 Å². The van der Waals surface area contributed by atoms with Crippen molar-refractivity contribution in [2.24, 2.45) is 0 Å². The second kappa shape index (κ2) is 9.01. The molecular formula is C25H20F2N2O3. The van der Waals surface area contributed by atoms with Crippen LogP contribution in [0.1, 0.15) is 18.1 Å². The molecule has 7 heteroatoms. The lowest BCUT2D eigenvalue weighted by Crippen LogP contribution is -2.32. The molecule has 2 amide bonds. The molecule has 32 heavy (non-hydrogen) atoms. The van der Waals surface area contributed by atoms with Gasteiger partial charge in [0, 0.05) is 11.3 Å². The van der Waals surface area contributed by atoms with E-state index in [0.717, 1.165) is 4.90 Å². The number of anilines is 1. The first kappa shape index (κ1) is 21.2. The van der Waals surface area contributed by atoms with E-state index in [4.69, 9.17) is 4.74 Å². The summed E-state index contributed by atoms with van der Waals surface area (Å²) < 4.78 is 33.1. The maximum absolute atomic E-state index is 14.2. The quantitative estimate of drug-likeness (QED) is 0.545. The zero-order chi connectivity index (χ0) is 22.7. The molecule has 1 heterocycles. The molecule has 0 saturated heterocycles. The standard InChI is InChI=1S/C25H20F2N2O3/c1-2-32-20-13-11-19(12-14-20)28-23-22(16-7-9-18(26)10-8-16)24(30)29(25(23)31)15-17-5-3-4-6-21(17)27/h3-14,28H,2,15H2,1H3. The molecule has 5 nitrogen and oxygen atoms in total. The number of nitrogens with one attached hydrogen (secondary N) is 1. The molecule has 0 aromatic heterocycles. The lowest BCUT2D eigenvalue weighted by Gasteiger charge is -2.16. The van der Waals surface area contributed by atoms with Gasteiger partial charge < -0.3 is 10.1 Å². The van der Waals surface area contributed by atoms with Gasteiger partial charge in [-0.15, -0.1) is 0 Å². The van der Waals surface area contributed by atoms with Gasteiger partial charge in [-0.05, 0) is 55.0 Å². The summed E-state index contributed by atoms with van der Waals surface area (Å²) in [6.45, 7) is 2.17. The third-order valence-corrected chi connectivity index (χ3v) is 5.02. The van der Waals surface area contributed by atoms with E-state index in [1.807, 2.05) is 6.92 Å². The SMILES string of the molecule is CCOc1ccc(NC2=C(c3ccc(F)cc3)C(=O)N(Cc3ccccc3F)C2=O)cc1. The van der Waals surface area contributed by atoms with Crippen molar-refractivity contribution in [3.8, 4) is 5.75 Å². The number of halogens is 2. The highest BCUT2D eigenvalue weighted by Crippen LogP contribution is 2.32. The Labute approximate surface area is 183 Å².